The van der Waals surface area contributed by atoms with Gasteiger partial charge in [-0.3, -0.25) is 4.79 Å². The highest BCUT2D eigenvalue weighted by molar-refractivity contribution is 7.10. The summed E-state index contributed by atoms with van der Waals surface area (Å²) in [5.41, 5.74) is 7.41. The van der Waals surface area contributed by atoms with E-state index in [4.69, 9.17) is 17.3 Å². The number of carbonyl (C=O) groups is 1. The first-order valence-electron chi connectivity index (χ1n) is 4.73. The van der Waals surface area contributed by atoms with Gasteiger partial charge in [-0.25, -0.2) is 0 Å². The van der Waals surface area contributed by atoms with Crippen LogP contribution in [0.15, 0.2) is 29.6 Å². The summed E-state index contributed by atoms with van der Waals surface area (Å²) in [6.45, 7) is 1.92. The minimum absolute atomic E-state index is 0.0482. The second-order valence-electron chi connectivity index (χ2n) is 3.45. The molecular formula is C12H10ClNOS. The molecule has 0 aliphatic heterocycles. The van der Waals surface area contributed by atoms with Gasteiger partial charge in [0.2, 0.25) is 0 Å². The molecule has 0 saturated heterocycles. The monoisotopic (exact) mass is 251 g/mol. The van der Waals surface area contributed by atoms with E-state index in [1.165, 1.54) is 0 Å². The topological polar surface area (TPSA) is 43.1 Å². The maximum atomic E-state index is 12.1. The Hall–Kier alpha value is -1.32. The van der Waals surface area contributed by atoms with E-state index < -0.39 is 0 Å². The van der Waals surface area contributed by atoms with Gasteiger partial charge in [0.25, 0.3) is 0 Å². The fraction of sp³-hybridized carbons (Fsp3) is 0.0833. The average Bonchev–Trinajstić information content (AvgIpc) is 2.63. The predicted molar refractivity (Wildman–Crippen MR) is 68.4 cm³/mol. The molecule has 0 spiro atoms. The number of nitrogens with two attached hydrogens (primary N) is 1. The molecule has 0 aliphatic carbocycles. The summed E-state index contributed by atoms with van der Waals surface area (Å²) < 4.78 is 0. The van der Waals surface area contributed by atoms with Crippen LogP contribution >= 0.6 is 22.9 Å². The number of carbonyl (C=O) groups excluding carboxylic acids is 1. The van der Waals surface area contributed by atoms with Gasteiger partial charge in [0.1, 0.15) is 0 Å². The quantitative estimate of drug-likeness (QED) is 0.656. The van der Waals surface area contributed by atoms with Crippen LogP contribution in [0.2, 0.25) is 5.02 Å². The number of ketones is 1. The van der Waals surface area contributed by atoms with Gasteiger partial charge in [-0.1, -0.05) is 11.6 Å². The second-order valence-corrected chi connectivity index (χ2v) is 5.01. The Balaban J connectivity index is 2.46. The Morgan fingerprint density at radius 3 is 2.62 bits per heavy atom. The molecule has 2 rings (SSSR count). The molecule has 2 N–H and O–H groups in total. The number of halogens is 1. The van der Waals surface area contributed by atoms with Crippen LogP contribution in [0.1, 0.15) is 20.8 Å². The number of rotatable bonds is 2. The summed E-state index contributed by atoms with van der Waals surface area (Å²) in [6, 6.07) is 6.75. The minimum Gasteiger partial charge on any atom is -0.398 e. The van der Waals surface area contributed by atoms with Crippen LogP contribution in [0.25, 0.3) is 0 Å². The van der Waals surface area contributed by atoms with Crippen LogP contribution in [0.5, 0.6) is 0 Å². The standard InChI is InChI=1S/C12H10ClNOS/c1-7-9(4-5-16-7)12(15)10-3-2-8(13)6-11(10)14/h2-6H,14H2,1H3. The fourth-order valence-corrected chi connectivity index (χ4v) is 2.38. The second kappa shape index (κ2) is 4.28. The Bertz CT molecular complexity index is 548. The third kappa shape index (κ3) is 1.96. The number of anilines is 1. The molecule has 0 bridgehead atoms. The van der Waals surface area contributed by atoms with Gasteiger partial charge in [0.15, 0.2) is 5.78 Å². The summed E-state index contributed by atoms with van der Waals surface area (Å²) >= 11 is 7.34. The van der Waals surface area contributed by atoms with Crippen molar-refractivity contribution >= 4 is 34.4 Å². The van der Waals surface area contributed by atoms with E-state index in [0.29, 0.717) is 21.8 Å². The van der Waals surface area contributed by atoms with Gasteiger partial charge < -0.3 is 5.73 Å². The van der Waals surface area contributed by atoms with Crippen molar-refractivity contribution in [3.63, 3.8) is 0 Å². The Kier molecular flexibility index (Phi) is 2.99. The zero-order chi connectivity index (χ0) is 11.7. The van der Waals surface area contributed by atoms with Crippen molar-refractivity contribution in [1.29, 1.82) is 0 Å². The highest BCUT2D eigenvalue weighted by atomic mass is 35.5. The molecule has 2 aromatic rings. The van der Waals surface area contributed by atoms with E-state index in [1.807, 2.05) is 18.4 Å². The molecule has 0 atom stereocenters. The van der Waals surface area contributed by atoms with Crippen molar-refractivity contribution in [2.24, 2.45) is 0 Å². The van der Waals surface area contributed by atoms with Gasteiger partial charge >= 0.3 is 0 Å². The largest absolute Gasteiger partial charge is 0.398 e. The van der Waals surface area contributed by atoms with Gasteiger partial charge in [0.05, 0.1) is 0 Å². The van der Waals surface area contributed by atoms with Crippen molar-refractivity contribution in [1.82, 2.24) is 0 Å². The van der Waals surface area contributed by atoms with E-state index in [1.54, 1.807) is 29.5 Å². The zero-order valence-corrected chi connectivity index (χ0v) is 10.2. The maximum Gasteiger partial charge on any atom is 0.196 e. The van der Waals surface area contributed by atoms with E-state index in [9.17, 15) is 4.79 Å². The molecule has 0 unspecified atom stereocenters. The first-order chi connectivity index (χ1) is 7.59. The van der Waals surface area contributed by atoms with Crippen molar-refractivity contribution in [2.75, 3.05) is 5.73 Å². The van der Waals surface area contributed by atoms with Gasteiger partial charge in [-0.2, -0.15) is 0 Å². The lowest BCUT2D eigenvalue weighted by molar-refractivity contribution is 0.103. The number of benzene rings is 1. The molecule has 0 aliphatic rings. The molecule has 1 aromatic carbocycles. The Morgan fingerprint density at radius 2 is 2.06 bits per heavy atom. The van der Waals surface area contributed by atoms with Crippen LogP contribution in [-0.4, -0.2) is 5.78 Å². The summed E-state index contributed by atoms with van der Waals surface area (Å²) in [4.78, 5) is 13.1. The van der Waals surface area contributed by atoms with E-state index in [-0.39, 0.29) is 5.78 Å². The SMILES string of the molecule is Cc1sccc1C(=O)c1ccc(Cl)cc1N. The molecule has 0 amide bonds. The van der Waals surface area contributed by atoms with E-state index in [2.05, 4.69) is 0 Å². The van der Waals surface area contributed by atoms with Gasteiger partial charge in [-0.05, 0) is 36.6 Å². The molecule has 2 nitrogen and oxygen atoms in total. The fourth-order valence-electron chi connectivity index (χ4n) is 1.51. The number of nitrogen functional groups attached to an aromatic ring is 1. The lowest BCUT2D eigenvalue weighted by Crippen LogP contribution is -2.05. The molecule has 0 saturated carbocycles. The number of hydrogen-bond donors (Lipinski definition) is 1. The highest BCUT2D eigenvalue weighted by Crippen LogP contribution is 2.24. The number of thiophene rings is 1. The molecule has 16 heavy (non-hydrogen) atoms. The van der Waals surface area contributed by atoms with Crippen molar-refractivity contribution in [3.8, 4) is 0 Å². The normalized spacial score (nSPS) is 10.4. The van der Waals surface area contributed by atoms with Crippen LogP contribution < -0.4 is 5.73 Å². The summed E-state index contributed by atoms with van der Waals surface area (Å²) in [5, 5.41) is 2.44. The van der Waals surface area contributed by atoms with E-state index >= 15 is 0 Å². The predicted octanol–water partition coefficient (Wildman–Crippen LogP) is 3.52. The minimum atomic E-state index is -0.0482. The van der Waals surface area contributed by atoms with Crippen LogP contribution in [0, 0.1) is 6.92 Å². The lowest BCUT2D eigenvalue weighted by Gasteiger charge is -2.04. The third-order valence-corrected chi connectivity index (χ3v) is 3.44. The molecule has 4 heteroatoms. The van der Waals surface area contributed by atoms with Crippen molar-refractivity contribution in [2.45, 2.75) is 6.92 Å². The molecule has 82 valence electrons. The maximum absolute atomic E-state index is 12.1. The summed E-state index contributed by atoms with van der Waals surface area (Å²) in [5.74, 6) is -0.0482. The van der Waals surface area contributed by atoms with Gasteiger partial charge in [-0.15, -0.1) is 11.3 Å². The first kappa shape index (κ1) is 11.2. The molecular weight excluding hydrogens is 242 g/mol. The number of hydrogen-bond acceptors (Lipinski definition) is 3. The van der Waals surface area contributed by atoms with Crippen LogP contribution in [-0.2, 0) is 0 Å². The summed E-state index contributed by atoms with van der Waals surface area (Å²) in [6.07, 6.45) is 0. The average molecular weight is 252 g/mol. The zero-order valence-electron chi connectivity index (χ0n) is 8.66. The Labute approximate surface area is 103 Å². The van der Waals surface area contributed by atoms with Crippen molar-refractivity contribution < 1.29 is 4.79 Å². The lowest BCUT2D eigenvalue weighted by atomic mass is 10.0. The smallest absolute Gasteiger partial charge is 0.196 e. The van der Waals surface area contributed by atoms with E-state index in [0.717, 1.165) is 4.88 Å². The van der Waals surface area contributed by atoms with Crippen LogP contribution in [0.4, 0.5) is 5.69 Å². The molecule has 1 aromatic heterocycles. The molecule has 0 radical (unpaired) electrons. The van der Waals surface area contributed by atoms with Crippen LogP contribution in [0.3, 0.4) is 0 Å². The van der Waals surface area contributed by atoms with Crippen molar-refractivity contribution in [3.05, 3.63) is 50.7 Å². The summed E-state index contributed by atoms with van der Waals surface area (Å²) in [7, 11) is 0. The van der Waals surface area contributed by atoms with Gasteiger partial charge in [0, 0.05) is 26.7 Å². The first-order valence-corrected chi connectivity index (χ1v) is 5.99. The number of aryl methyl sites for hydroxylation is 1. The Morgan fingerprint density at radius 1 is 1.31 bits per heavy atom. The third-order valence-electron chi connectivity index (χ3n) is 2.36. The molecule has 1 heterocycles. The highest BCUT2D eigenvalue weighted by Gasteiger charge is 2.15. The molecule has 0 fully saturated rings.